The van der Waals surface area contributed by atoms with E-state index in [2.05, 4.69) is 10.2 Å². The zero-order chi connectivity index (χ0) is 20.1. The van der Waals surface area contributed by atoms with Crippen LogP contribution in [0, 0.1) is 6.92 Å². The largest absolute Gasteiger partial charge is 0.493 e. The van der Waals surface area contributed by atoms with Crippen LogP contribution in [-0.2, 0) is 11.3 Å². The number of hydrogen-bond acceptors (Lipinski definition) is 6. The van der Waals surface area contributed by atoms with Gasteiger partial charge in [-0.2, -0.15) is 9.90 Å². The number of carbonyl (C=O) groups is 2. The fraction of sp³-hybridized carbons (Fsp3) is 0.238. The second kappa shape index (κ2) is 8.47. The molecule has 0 fully saturated rings. The molecule has 0 atom stereocenters. The average molecular weight is 379 g/mol. The Hall–Kier alpha value is -3.48. The summed E-state index contributed by atoms with van der Waals surface area (Å²) in [6.45, 7) is 5.47. The van der Waals surface area contributed by atoms with Crippen LogP contribution >= 0.6 is 0 Å². The van der Waals surface area contributed by atoms with Crippen LogP contribution in [-0.4, -0.2) is 33.4 Å². The molecule has 0 radical (unpaired) electrons. The summed E-state index contributed by atoms with van der Waals surface area (Å²) in [5.41, 5.74) is 2.51. The van der Waals surface area contributed by atoms with Crippen molar-refractivity contribution in [2.45, 2.75) is 27.4 Å². The number of nitrogens with zero attached hydrogens (tertiary/aromatic N) is 3. The van der Waals surface area contributed by atoms with E-state index in [0.717, 1.165) is 5.69 Å². The van der Waals surface area contributed by atoms with E-state index in [1.807, 2.05) is 37.3 Å². The van der Waals surface area contributed by atoms with E-state index < -0.39 is 5.97 Å². The normalized spacial score (nSPS) is 10.5. The molecule has 7 nitrogen and oxygen atoms in total. The van der Waals surface area contributed by atoms with Crippen molar-refractivity contribution < 1.29 is 19.1 Å². The number of ether oxygens (including phenoxy) is 2. The first kappa shape index (κ1) is 19.3. The highest BCUT2D eigenvalue weighted by atomic mass is 16.5. The zero-order valence-corrected chi connectivity index (χ0v) is 16.0. The molecule has 7 heteroatoms. The lowest BCUT2D eigenvalue weighted by Crippen LogP contribution is -2.10. The molecular weight excluding hydrogens is 358 g/mol. The minimum Gasteiger partial charge on any atom is -0.493 e. The number of hydrogen-bond donors (Lipinski definition) is 0. The van der Waals surface area contributed by atoms with Gasteiger partial charge in [-0.15, -0.1) is 5.10 Å². The van der Waals surface area contributed by atoms with Gasteiger partial charge in [0.2, 0.25) is 0 Å². The third-order valence-corrected chi connectivity index (χ3v) is 4.09. The first-order chi connectivity index (χ1) is 13.5. The van der Waals surface area contributed by atoms with Crippen LogP contribution in [0.3, 0.4) is 0 Å². The Morgan fingerprint density at radius 1 is 1.07 bits per heavy atom. The van der Waals surface area contributed by atoms with Crippen molar-refractivity contribution in [2.24, 2.45) is 0 Å². The number of aromatic nitrogens is 3. The topological polar surface area (TPSA) is 83.3 Å². The van der Waals surface area contributed by atoms with E-state index in [4.69, 9.17) is 9.47 Å². The average Bonchev–Trinajstić information content (AvgIpc) is 3.09. The summed E-state index contributed by atoms with van der Waals surface area (Å²) >= 11 is 0. The number of benzene rings is 2. The highest BCUT2D eigenvalue weighted by Gasteiger charge is 2.19. The summed E-state index contributed by atoms with van der Waals surface area (Å²) in [7, 11) is 0. The molecule has 0 bridgehead atoms. The number of para-hydroxylation sites is 1. The summed E-state index contributed by atoms with van der Waals surface area (Å²) in [6.07, 6.45) is 0. The molecular formula is C21H21N3O4. The van der Waals surface area contributed by atoms with Crippen molar-refractivity contribution in [2.75, 3.05) is 6.61 Å². The van der Waals surface area contributed by atoms with E-state index in [-0.39, 0.29) is 18.1 Å². The van der Waals surface area contributed by atoms with Crippen LogP contribution in [0.4, 0.5) is 0 Å². The lowest BCUT2D eigenvalue weighted by molar-refractivity contribution is 0.0461. The molecule has 0 aliphatic rings. The molecule has 0 unspecified atom stereocenters. The standard InChI is InChI=1S/C21H21N3O4/c1-4-27-19-11-10-16(15(3)25)12-17(19)13-28-21(26)20-14(2)22-24(23-20)18-8-6-5-7-9-18/h5-12H,4,13H2,1-3H3. The highest BCUT2D eigenvalue weighted by molar-refractivity contribution is 5.94. The number of ketones is 1. The Morgan fingerprint density at radius 3 is 2.50 bits per heavy atom. The van der Waals surface area contributed by atoms with Gasteiger partial charge in [0.15, 0.2) is 11.5 Å². The SMILES string of the molecule is CCOc1ccc(C(C)=O)cc1COC(=O)c1nn(-c2ccccc2)nc1C. The van der Waals surface area contributed by atoms with Gasteiger partial charge >= 0.3 is 5.97 Å². The smallest absolute Gasteiger partial charge is 0.361 e. The first-order valence-electron chi connectivity index (χ1n) is 8.92. The van der Waals surface area contributed by atoms with E-state index >= 15 is 0 Å². The van der Waals surface area contributed by atoms with Gasteiger partial charge in [0.1, 0.15) is 12.4 Å². The second-order valence-electron chi connectivity index (χ2n) is 6.15. The van der Waals surface area contributed by atoms with Gasteiger partial charge in [-0.3, -0.25) is 4.79 Å². The lowest BCUT2D eigenvalue weighted by atomic mass is 10.1. The van der Waals surface area contributed by atoms with E-state index in [9.17, 15) is 9.59 Å². The molecule has 28 heavy (non-hydrogen) atoms. The van der Waals surface area contributed by atoms with Crippen LogP contribution in [0.2, 0.25) is 0 Å². The Labute approximate surface area is 162 Å². The van der Waals surface area contributed by atoms with Crippen molar-refractivity contribution in [3.63, 3.8) is 0 Å². The fourth-order valence-corrected chi connectivity index (χ4v) is 2.66. The van der Waals surface area contributed by atoms with Gasteiger partial charge in [-0.05, 0) is 51.1 Å². The maximum atomic E-state index is 12.5. The maximum absolute atomic E-state index is 12.5. The fourth-order valence-electron chi connectivity index (χ4n) is 2.66. The minimum absolute atomic E-state index is 0.0348. The summed E-state index contributed by atoms with van der Waals surface area (Å²) < 4.78 is 11.0. The Balaban J connectivity index is 1.78. The Bertz CT molecular complexity index is 996. The molecule has 1 aromatic heterocycles. The summed E-state index contributed by atoms with van der Waals surface area (Å²) in [5, 5.41) is 8.52. The van der Waals surface area contributed by atoms with E-state index in [1.165, 1.54) is 11.7 Å². The molecule has 0 aliphatic heterocycles. The zero-order valence-electron chi connectivity index (χ0n) is 16.0. The first-order valence-corrected chi connectivity index (χ1v) is 8.92. The van der Waals surface area contributed by atoms with Crippen LogP contribution in [0.5, 0.6) is 5.75 Å². The number of aryl methyl sites for hydroxylation is 1. The van der Waals surface area contributed by atoms with Crippen molar-refractivity contribution in [1.29, 1.82) is 0 Å². The molecule has 0 N–H and O–H groups in total. The summed E-state index contributed by atoms with van der Waals surface area (Å²) in [6, 6.07) is 14.4. The quantitative estimate of drug-likeness (QED) is 0.461. The molecule has 3 rings (SSSR count). The van der Waals surface area contributed by atoms with Gasteiger partial charge in [0, 0.05) is 11.1 Å². The predicted octanol–water partition coefficient (Wildman–Crippen LogP) is 3.53. The van der Waals surface area contributed by atoms with Crippen molar-refractivity contribution in [3.05, 3.63) is 71.0 Å². The molecule has 144 valence electrons. The lowest BCUT2D eigenvalue weighted by Gasteiger charge is -2.11. The second-order valence-corrected chi connectivity index (χ2v) is 6.15. The highest BCUT2D eigenvalue weighted by Crippen LogP contribution is 2.22. The number of Topliss-reactive ketones (excluding diaryl/α,β-unsaturated/α-hetero) is 1. The van der Waals surface area contributed by atoms with Gasteiger partial charge in [-0.25, -0.2) is 4.79 Å². The van der Waals surface area contributed by atoms with Crippen molar-refractivity contribution in [3.8, 4) is 11.4 Å². The molecule has 2 aromatic carbocycles. The van der Waals surface area contributed by atoms with Gasteiger partial charge in [0.05, 0.1) is 18.0 Å². The van der Waals surface area contributed by atoms with Crippen LogP contribution in [0.15, 0.2) is 48.5 Å². The third kappa shape index (κ3) is 4.25. The number of esters is 1. The number of rotatable bonds is 7. The number of carbonyl (C=O) groups excluding carboxylic acids is 2. The summed E-state index contributed by atoms with van der Waals surface area (Å²) in [5.74, 6) is -0.0856. The molecule has 3 aromatic rings. The maximum Gasteiger partial charge on any atom is 0.361 e. The molecule has 0 spiro atoms. The minimum atomic E-state index is -0.588. The van der Waals surface area contributed by atoms with Gasteiger partial charge < -0.3 is 9.47 Å². The molecule has 0 aliphatic carbocycles. The third-order valence-electron chi connectivity index (χ3n) is 4.09. The monoisotopic (exact) mass is 379 g/mol. The van der Waals surface area contributed by atoms with E-state index in [1.54, 1.807) is 25.1 Å². The molecule has 0 amide bonds. The Morgan fingerprint density at radius 2 is 1.82 bits per heavy atom. The summed E-state index contributed by atoms with van der Waals surface area (Å²) in [4.78, 5) is 25.6. The van der Waals surface area contributed by atoms with Gasteiger partial charge in [-0.1, -0.05) is 18.2 Å². The van der Waals surface area contributed by atoms with Gasteiger partial charge in [0.25, 0.3) is 0 Å². The van der Waals surface area contributed by atoms with Crippen molar-refractivity contribution in [1.82, 2.24) is 15.0 Å². The van der Waals surface area contributed by atoms with Crippen LogP contribution in [0.25, 0.3) is 5.69 Å². The van der Waals surface area contributed by atoms with Crippen molar-refractivity contribution >= 4 is 11.8 Å². The molecule has 0 saturated heterocycles. The molecule has 0 saturated carbocycles. The van der Waals surface area contributed by atoms with Crippen LogP contribution < -0.4 is 4.74 Å². The van der Waals surface area contributed by atoms with E-state index in [0.29, 0.717) is 29.2 Å². The molecule has 1 heterocycles. The Kier molecular flexibility index (Phi) is 5.84. The predicted molar refractivity (Wildman–Crippen MR) is 103 cm³/mol. The van der Waals surface area contributed by atoms with Crippen LogP contribution in [0.1, 0.15) is 46.0 Å².